The number of likely N-dealkylation sites (tertiary alicyclic amines) is 1. The van der Waals surface area contributed by atoms with Crippen molar-refractivity contribution >= 4 is 24.0 Å². The highest BCUT2D eigenvalue weighted by Crippen LogP contribution is 2.36. The lowest BCUT2D eigenvalue weighted by Gasteiger charge is -2.39. The zero-order valence-corrected chi connectivity index (χ0v) is 24.9. The molecule has 10 nitrogen and oxygen atoms in total. The van der Waals surface area contributed by atoms with Gasteiger partial charge in [0.1, 0.15) is 22.8 Å². The van der Waals surface area contributed by atoms with Gasteiger partial charge in [0.15, 0.2) is 11.9 Å². The predicted molar refractivity (Wildman–Crippen MR) is 149 cm³/mol. The number of nitrogens with one attached hydrogen (secondary N) is 1. The molecule has 0 aliphatic carbocycles. The number of benzene rings is 2. The Morgan fingerprint density at radius 2 is 1.56 bits per heavy atom. The number of nitrogens with zero attached hydrogens (tertiary/aromatic N) is 1. The Morgan fingerprint density at radius 1 is 0.953 bits per heavy atom. The Bertz CT molecular complexity index is 1210. The summed E-state index contributed by atoms with van der Waals surface area (Å²) in [4.78, 5) is 33.7. The molecule has 2 fully saturated rings. The summed E-state index contributed by atoms with van der Waals surface area (Å²) < 4.78 is 63.9. The minimum absolute atomic E-state index is 0.204. The summed E-state index contributed by atoms with van der Waals surface area (Å²) in [5.74, 6) is -0.0698. The number of ether oxygens (including phenoxy) is 4. The van der Waals surface area contributed by atoms with Gasteiger partial charge in [0.25, 0.3) is 5.91 Å². The summed E-state index contributed by atoms with van der Waals surface area (Å²) in [5, 5.41) is 0. The zero-order chi connectivity index (χ0) is 31.1. The molecule has 2 amide bonds. The first-order valence-corrected chi connectivity index (χ1v) is 14.6. The molecular formula is C29H35F3N2O8S. The number of amides is 2. The number of halogens is 3. The van der Waals surface area contributed by atoms with Crippen molar-refractivity contribution in [2.75, 3.05) is 19.7 Å². The summed E-state index contributed by atoms with van der Waals surface area (Å²) in [7, 11) is 0. The molecule has 2 saturated heterocycles. The molecule has 2 heterocycles. The number of carbonyl (C=O) groups is 2. The van der Waals surface area contributed by atoms with Crippen LogP contribution in [0, 0.1) is 0 Å². The van der Waals surface area contributed by atoms with Crippen LogP contribution in [0.3, 0.4) is 0 Å². The van der Waals surface area contributed by atoms with Crippen LogP contribution in [0.25, 0.3) is 0 Å². The van der Waals surface area contributed by atoms with Crippen molar-refractivity contribution in [1.29, 1.82) is 0 Å². The molecule has 0 aromatic heterocycles. The van der Waals surface area contributed by atoms with Crippen LogP contribution in [0.2, 0.25) is 0 Å². The molecule has 4 rings (SSSR count). The lowest BCUT2D eigenvalue weighted by molar-refractivity contribution is -0.274. The molecule has 1 unspecified atom stereocenters. The predicted octanol–water partition coefficient (Wildman–Crippen LogP) is 6.75. The molecule has 14 heteroatoms. The van der Waals surface area contributed by atoms with Gasteiger partial charge in [-0.15, -0.1) is 13.2 Å². The average molecular weight is 629 g/mol. The Morgan fingerprint density at radius 3 is 2.12 bits per heavy atom. The van der Waals surface area contributed by atoms with E-state index in [2.05, 4.69) is 10.2 Å². The first kappa shape index (κ1) is 32.7. The first-order chi connectivity index (χ1) is 20.3. The van der Waals surface area contributed by atoms with E-state index in [1.807, 2.05) is 0 Å². The van der Waals surface area contributed by atoms with Crippen molar-refractivity contribution in [2.24, 2.45) is 0 Å². The van der Waals surface area contributed by atoms with E-state index in [1.54, 1.807) is 49.9 Å². The summed E-state index contributed by atoms with van der Waals surface area (Å²) in [6, 6.07) is 11.8. The standard InChI is InChI=1S/C29H35F3N2O8S/c1-27(2,3)40-26(36)34-17-15-28(16-18-34,25(35)33-41-24-6-4-5-19-37-24)42-43-23-13-11-21(12-14-23)38-20-7-9-22(10-8-20)39-29(30,31)32/h7-14,24H,4-6,15-19H2,1-3H3,(H,33,35). The molecule has 2 aliphatic rings. The van der Waals surface area contributed by atoms with Crippen LogP contribution in [-0.4, -0.2) is 60.5 Å². The van der Waals surface area contributed by atoms with Gasteiger partial charge in [0.05, 0.1) is 0 Å². The van der Waals surface area contributed by atoms with Gasteiger partial charge in [-0.25, -0.2) is 15.1 Å². The van der Waals surface area contributed by atoms with Gasteiger partial charge in [-0.2, -0.15) is 0 Å². The minimum Gasteiger partial charge on any atom is -0.457 e. The first-order valence-electron chi connectivity index (χ1n) is 13.9. The molecule has 1 N–H and O–H groups in total. The molecule has 0 spiro atoms. The third-order valence-corrected chi connectivity index (χ3v) is 7.34. The zero-order valence-electron chi connectivity index (χ0n) is 24.1. The number of hydrogen-bond donors (Lipinski definition) is 1. The van der Waals surface area contributed by atoms with Crippen molar-refractivity contribution in [1.82, 2.24) is 10.4 Å². The maximum atomic E-state index is 13.4. The Hall–Kier alpha value is -3.20. The molecular weight excluding hydrogens is 593 g/mol. The quantitative estimate of drug-likeness (QED) is 0.239. The molecule has 0 saturated carbocycles. The van der Waals surface area contributed by atoms with Crippen molar-refractivity contribution in [2.45, 2.75) is 81.6 Å². The van der Waals surface area contributed by atoms with Gasteiger partial charge in [-0.05, 0) is 82.1 Å². The number of hydroxylamine groups is 1. The molecule has 2 aromatic carbocycles. The number of carbonyl (C=O) groups excluding carboxylic acids is 2. The second kappa shape index (κ2) is 14.1. The Labute approximate surface area is 252 Å². The second-order valence-corrected chi connectivity index (χ2v) is 11.9. The maximum Gasteiger partial charge on any atom is 0.573 e. The van der Waals surface area contributed by atoms with Crippen molar-refractivity contribution in [3.8, 4) is 17.2 Å². The molecule has 1 atom stereocenters. The summed E-state index contributed by atoms with van der Waals surface area (Å²) in [6.45, 7) is 6.40. The normalized spacial score (nSPS) is 18.9. The fourth-order valence-electron chi connectivity index (χ4n) is 4.28. The summed E-state index contributed by atoms with van der Waals surface area (Å²) >= 11 is 0.996. The fourth-order valence-corrected chi connectivity index (χ4v) is 5.02. The van der Waals surface area contributed by atoms with Crippen molar-refractivity contribution in [3.05, 3.63) is 48.5 Å². The molecule has 0 radical (unpaired) electrons. The van der Waals surface area contributed by atoms with E-state index in [9.17, 15) is 22.8 Å². The SMILES string of the molecule is CC(C)(C)OC(=O)N1CCC(OSc2ccc(Oc3ccc(OC(F)(F)F)cc3)cc2)(C(=O)NOC2CCCCO2)CC1. The van der Waals surface area contributed by atoms with Gasteiger partial charge in [0.2, 0.25) is 0 Å². The molecule has 43 heavy (non-hydrogen) atoms. The van der Waals surface area contributed by atoms with E-state index >= 15 is 0 Å². The van der Waals surface area contributed by atoms with E-state index in [1.165, 1.54) is 12.1 Å². The lowest BCUT2D eigenvalue weighted by atomic mass is 9.91. The van der Waals surface area contributed by atoms with Crippen LogP contribution < -0.4 is 15.0 Å². The van der Waals surface area contributed by atoms with Crippen LogP contribution in [0.5, 0.6) is 17.2 Å². The highest BCUT2D eigenvalue weighted by Gasteiger charge is 2.45. The highest BCUT2D eigenvalue weighted by molar-refractivity contribution is 7.94. The number of rotatable bonds is 9. The molecule has 2 aromatic rings. The van der Waals surface area contributed by atoms with Gasteiger partial charge >= 0.3 is 12.5 Å². The smallest absolute Gasteiger partial charge is 0.457 e. The van der Waals surface area contributed by atoms with E-state index in [0.29, 0.717) is 29.4 Å². The average Bonchev–Trinajstić information content (AvgIpc) is 2.96. The topological polar surface area (TPSA) is 105 Å². The largest absolute Gasteiger partial charge is 0.573 e. The van der Waals surface area contributed by atoms with E-state index in [4.69, 9.17) is 23.2 Å². The molecule has 236 valence electrons. The third kappa shape index (κ3) is 10.2. The van der Waals surface area contributed by atoms with Gasteiger partial charge < -0.3 is 23.8 Å². The van der Waals surface area contributed by atoms with Crippen LogP contribution in [0.15, 0.2) is 53.4 Å². The second-order valence-electron chi connectivity index (χ2n) is 11.1. The van der Waals surface area contributed by atoms with E-state index < -0.39 is 35.9 Å². The van der Waals surface area contributed by atoms with Gasteiger partial charge in [-0.1, -0.05) is 0 Å². The number of alkyl halides is 3. The van der Waals surface area contributed by atoms with Gasteiger partial charge in [0, 0.05) is 55.9 Å². The number of piperidine rings is 1. The molecule has 2 aliphatic heterocycles. The van der Waals surface area contributed by atoms with Crippen LogP contribution >= 0.6 is 12.0 Å². The van der Waals surface area contributed by atoms with Crippen molar-refractivity contribution < 1.29 is 50.7 Å². The molecule has 0 bridgehead atoms. The number of hydrogen-bond acceptors (Lipinski definition) is 9. The third-order valence-electron chi connectivity index (χ3n) is 6.47. The van der Waals surface area contributed by atoms with E-state index in [-0.39, 0.29) is 31.7 Å². The van der Waals surface area contributed by atoms with Gasteiger partial charge in [-0.3, -0.25) is 8.98 Å². The summed E-state index contributed by atoms with van der Waals surface area (Å²) in [6.07, 6.45) is -2.84. The van der Waals surface area contributed by atoms with Crippen LogP contribution in [0.1, 0.15) is 52.9 Å². The highest BCUT2D eigenvalue weighted by atomic mass is 32.2. The monoisotopic (exact) mass is 628 g/mol. The lowest BCUT2D eigenvalue weighted by Crippen LogP contribution is -2.56. The minimum atomic E-state index is -4.77. The van der Waals surface area contributed by atoms with Crippen LogP contribution in [0.4, 0.5) is 18.0 Å². The Kier molecular flexibility index (Phi) is 10.7. The summed E-state index contributed by atoms with van der Waals surface area (Å²) in [5.41, 5.74) is 0.559. The fraction of sp³-hybridized carbons (Fsp3) is 0.517. The van der Waals surface area contributed by atoms with Crippen molar-refractivity contribution in [3.63, 3.8) is 0 Å². The van der Waals surface area contributed by atoms with E-state index in [0.717, 1.165) is 37.0 Å². The Balaban J connectivity index is 1.37. The van der Waals surface area contributed by atoms with Crippen LogP contribution in [-0.2, 0) is 23.3 Å². The maximum absolute atomic E-state index is 13.4.